The van der Waals surface area contributed by atoms with Crippen LogP contribution in [0.4, 0.5) is 15.8 Å². The third-order valence-corrected chi connectivity index (χ3v) is 5.12. The molecule has 9 heteroatoms. The van der Waals surface area contributed by atoms with Crippen LogP contribution in [-0.4, -0.2) is 33.5 Å². The van der Waals surface area contributed by atoms with E-state index in [0.29, 0.717) is 28.1 Å². The molecule has 3 N–H and O–H groups in total. The van der Waals surface area contributed by atoms with E-state index in [2.05, 4.69) is 15.6 Å². The van der Waals surface area contributed by atoms with Crippen LogP contribution < -0.4 is 10.4 Å². The van der Waals surface area contributed by atoms with Gasteiger partial charge in [0, 0.05) is 5.56 Å². The molecule has 0 aromatic heterocycles. The number of carboxylic acid groups (broad SMARTS) is 1. The van der Waals surface area contributed by atoms with Crippen LogP contribution in [-0.2, 0) is 4.79 Å². The molecule has 0 radical (unpaired) electrons. The second-order valence-electron chi connectivity index (χ2n) is 7.40. The number of anilines is 2. The van der Waals surface area contributed by atoms with Gasteiger partial charge in [0.05, 0.1) is 22.6 Å². The maximum atomic E-state index is 13.6. The summed E-state index contributed by atoms with van der Waals surface area (Å²) in [6.07, 6.45) is 0. The monoisotopic (exact) mass is 446 g/mol. The van der Waals surface area contributed by atoms with E-state index in [0.717, 1.165) is 5.01 Å². The molecular formula is C24H19FN4O4. The zero-order valence-corrected chi connectivity index (χ0v) is 17.7. The Balaban J connectivity index is 1.61. The van der Waals surface area contributed by atoms with Crippen LogP contribution in [0.15, 0.2) is 70.9 Å². The van der Waals surface area contributed by atoms with Gasteiger partial charge in [0.15, 0.2) is 5.71 Å². The average molecular weight is 446 g/mol. The van der Waals surface area contributed by atoms with Crippen molar-refractivity contribution in [3.63, 3.8) is 0 Å². The highest BCUT2D eigenvalue weighted by Gasteiger charge is 2.31. The van der Waals surface area contributed by atoms with Crippen LogP contribution in [0.3, 0.4) is 0 Å². The van der Waals surface area contributed by atoms with Crippen LogP contribution in [0.25, 0.3) is 11.1 Å². The fraction of sp³-hybridized carbons (Fsp3) is 0.0833. The minimum Gasteiger partial charge on any atom is -0.505 e. The first-order chi connectivity index (χ1) is 15.8. The van der Waals surface area contributed by atoms with Gasteiger partial charge < -0.3 is 10.2 Å². The smallest absolute Gasteiger partial charge is 0.335 e. The number of carbonyl (C=O) groups is 2. The van der Waals surface area contributed by atoms with Gasteiger partial charge in [-0.3, -0.25) is 10.2 Å². The molecule has 1 aliphatic rings. The minimum absolute atomic E-state index is 0.0367. The van der Waals surface area contributed by atoms with E-state index in [4.69, 9.17) is 0 Å². The second-order valence-corrected chi connectivity index (χ2v) is 7.40. The number of rotatable bonds is 5. The van der Waals surface area contributed by atoms with Crippen molar-refractivity contribution >= 4 is 34.7 Å². The lowest BCUT2D eigenvalue weighted by Gasteiger charge is -2.12. The molecule has 0 atom stereocenters. The van der Waals surface area contributed by atoms with E-state index in [1.807, 2.05) is 0 Å². The number of hydrogen-bond donors (Lipinski definition) is 3. The number of carbonyl (C=O) groups excluding carboxylic acids is 1. The van der Waals surface area contributed by atoms with Crippen LogP contribution >= 0.6 is 0 Å². The van der Waals surface area contributed by atoms with Crippen molar-refractivity contribution in [3.05, 3.63) is 77.6 Å². The van der Waals surface area contributed by atoms with Crippen LogP contribution in [0, 0.1) is 12.7 Å². The zero-order chi connectivity index (χ0) is 23.7. The molecule has 1 heterocycles. The molecule has 8 nitrogen and oxygen atoms in total. The van der Waals surface area contributed by atoms with Crippen molar-refractivity contribution in [1.82, 2.24) is 0 Å². The predicted octanol–water partition coefficient (Wildman–Crippen LogP) is 4.40. The Kier molecular flexibility index (Phi) is 5.61. The number of benzene rings is 3. The number of hydrogen-bond acceptors (Lipinski definition) is 6. The molecular weight excluding hydrogens is 427 g/mol. The summed E-state index contributed by atoms with van der Waals surface area (Å²) in [5.41, 5.74) is 5.08. The highest BCUT2D eigenvalue weighted by atomic mass is 19.1. The van der Waals surface area contributed by atoms with Gasteiger partial charge in [-0.05, 0) is 61.4 Å². The van der Waals surface area contributed by atoms with Crippen LogP contribution in [0.2, 0.25) is 0 Å². The number of aromatic hydroxyl groups is 1. The third kappa shape index (κ3) is 4.16. The van der Waals surface area contributed by atoms with Gasteiger partial charge in [-0.1, -0.05) is 24.3 Å². The number of carboxylic acids is 1. The lowest BCUT2D eigenvalue weighted by Crippen LogP contribution is -2.28. The number of hydrazone groups is 2. The van der Waals surface area contributed by atoms with E-state index in [1.54, 1.807) is 44.2 Å². The Morgan fingerprint density at radius 2 is 1.85 bits per heavy atom. The van der Waals surface area contributed by atoms with E-state index in [1.165, 1.54) is 30.3 Å². The summed E-state index contributed by atoms with van der Waals surface area (Å²) in [5.74, 6) is -2.12. The number of nitrogens with one attached hydrogen (secondary N) is 1. The molecule has 0 unspecified atom stereocenters. The summed E-state index contributed by atoms with van der Waals surface area (Å²) in [6, 6.07) is 15.3. The largest absolute Gasteiger partial charge is 0.505 e. The summed E-state index contributed by atoms with van der Waals surface area (Å²) in [5, 5.41) is 29.4. The van der Waals surface area contributed by atoms with Gasteiger partial charge in [-0.25, -0.2) is 9.18 Å². The highest BCUT2D eigenvalue weighted by molar-refractivity contribution is 6.71. The zero-order valence-electron chi connectivity index (χ0n) is 17.7. The van der Waals surface area contributed by atoms with Crippen LogP contribution in [0.5, 0.6) is 5.75 Å². The van der Waals surface area contributed by atoms with Crippen molar-refractivity contribution in [1.29, 1.82) is 0 Å². The quantitative estimate of drug-likeness (QED) is 0.397. The van der Waals surface area contributed by atoms with Gasteiger partial charge >= 0.3 is 11.9 Å². The van der Waals surface area contributed by atoms with Crippen molar-refractivity contribution in [2.75, 3.05) is 10.4 Å². The van der Waals surface area contributed by atoms with Gasteiger partial charge in [-0.2, -0.15) is 15.2 Å². The normalized spacial score (nSPS) is 14.5. The first kappa shape index (κ1) is 21.7. The van der Waals surface area contributed by atoms with Gasteiger partial charge in [0.2, 0.25) is 0 Å². The van der Waals surface area contributed by atoms with E-state index >= 15 is 0 Å². The molecule has 0 aliphatic carbocycles. The maximum absolute atomic E-state index is 13.6. The Morgan fingerprint density at radius 1 is 1.09 bits per heavy atom. The van der Waals surface area contributed by atoms with E-state index in [9.17, 15) is 24.2 Å². The first-order valence-corrected chi connectivity index (χ1v) is 9.92. The Bertz CT molecular complexity index is 1350. The molecule has 4 rings (SSSR count). The number of phenolic OH excluding ortho intramolecular Hbond substituents is 1. The van der Waals surface area contributed by atoms with Crippen molar-refractivity contribution < 1.29 is 24.2 Å². The summed E-state index contributed by atoms with van der Waals surface area (Å²) < 4.78 is 13.6. The fourth-order valence-corrected chi connectivity index (χ4v) is 3.36. The SMILES string of the molecule is CC1=NN(c2ccc(F)c(C)c2)C(=O)/C1=N\Nc1cccc(-c2cccc(C(=O)O)c2)c1O. The number of aromatic carboxylic acids is 1. The Morgan fingerprint density at radius 3 is 2.58 bits per heavy atom. The lowest BCUT2D eigenvalue weighted by atomic mass is 10.0. The lowest BCUT2D eigenvalue weighted by molar-refractivity contribution is -0.112. The number of halogens is 1. The third-order valence-electron chi connectivity index (χ3n) is 5.12. The number of amides is 1. The molecule has 0 bridgehead atoms. The van der Waals surface area contributed by atoms with E-state index < -0.39 is 11.9 Å². The molecule has 1 amide bonds. The minimum atomic E-state index is -1.08. The molecule has 166 valence electrons. The molecule has 0 saturated heterocycles. The average Bonchev–Trinajstić information content (AvgIpc) is 3.08. The van der Waals surface area contributed by atoms with E-state index in [-0.39, 0.29) is 28.5 Å². The topological polar surface area (TPSA) is 115 Å². The summed E-state index contributed by atoms with van der Waals surface area (Å²) in [6.45, 7) is 3.21. The van der Waals surface area contributed by atoms with Gasteiger partial charge in [0.1, 0.15) is 11.6 Å². The van der Waals surface area contributed by atoms with Gasteiger partial charge in [-0.15, -0.1) is 0 Å². The number of nitrogens with zero attached hydrogens (tertiary/aromatic N) is 3. The number of aryl methyl sites for hydroxylation is 1. The Labute approximate surface area is 188 Å². The number of para-hydroxylation sites is 1. The molecule has 1 aliphatic heterocycles. The first-order valence-electron chi connectivity index (χ1n) is 9.92. The van der Waals surface area contributed by atoms with Crippen molar-refractivity contribution in [2.45, 2.75) is 13.8 Å². The maximum Gasteiger partial charge on any atom is 0.335 e. The van der Waals surface area contributed by atoms with Crippen molar-refractivity contribution in [2.24, 2.45) is 10.2 Å². The van der Waals surface area contributed by atoms with Crippen LogP contribution in [0.1, 0.15) is 22.8 Å². The summed E-state index contributed by atoms with van der Waals surface area (Å²) in [7, 11) is 0. The molecule has 3 aromatic rings. The standard InChI is InChI=1S/C24H19FN4O4/c1-13-11-17(9-10-19(13)25)29-23(31)21(14(2)28-29)27-26-20-8-4-7-18(22(20)30)15-5-3-6-16(12-15)24(32)33/h3-12,26,30H,1-2H3,(H,32,33)/b27-21-. The molecule has 0 fully saturated rings. The second kappa shape index (κ2) is 8.54. The molecule has 0 spiro atoms. The van der Waals surface area contributed by atoms with Crippen molar-refractivity contribution in [3.8, 4) is 16.9 Å². The summed E-state index contributed by atoms with van der Waals surface area (Å²) in [4.78, 5) is 24.1. The molecule has 0 saturated carbocycles. The summed E-state index contributed by atoms with van der Waals surface area (Å²) >= 11 is 0. The highest BCUT2D eigenvalue weighted by Crippen LogP contribution is 2.36. The predicted molar refractivity (Wildman–Crippen MR) is 123 cm³/mol. The van der Waals surface area contributed by atoms with Gasteiger partial charge in [0.25, 0.3) is 0 Å². The fourth-order valence-electron chi connectivity index (χ4n) is 3.36. The number of phenols is 1. The molecule has 3 aromatic carbocycles. The molecule has 33 heavy (non-hydrogen) atoms. The Hall–Kier alpha value is -4.53.